The van der Waals surface area contributed by atoms with Crippen LogP contribution in [-0.2, 0) is 0 Å². The molecule has 0 aliphatic carbocycles. The van der Waals surface area contributed by atoms with Crippen LogP contribution in [0.25, 0.3) is 10.9 Å². The lowest BCUT2D eigenvalue weighted by molar-refractivity contribution is 0.817. The third kappa shape index (κ3) is 0.958. The minimum Gasteiger partial charge on any atom is -0.281 e. The third-order valence-electron chi connectivity index (χ3n) is 1.87. The van der Waals surface area contributed by atoms with Crippen LogP contribution in [0.5, 0.6) is 0 Å². The highest BCUT2D eigenvalue weighted by atomic mass is 15.1. The first-order valence-electron chi connectivity index (χ1n) is 3.93. The number of aromatic amines is 1. The van der Waals surface area contributed by atoms with Gasteiger partial charge in [0.25, 0.3) is 0 Å². The lowest BCUT2D eigenvalue weighted by atomic mass is 10.1. The van der Waals surface area contributed by atoms with Gasteiger partial charge in [-0.15, -0.1) is 0 Å². The van der Waals surface area contributed by atoms with Crippen molar-refractivity contribution in [3.8, 4) is 0 Å². The highest BCUT2D eigenvalue weighted by molar-refractivity contribution is 5.79. The topological polar surface area (TPSA) is 54.5 Å². The Hall–Kier alpha value is -1.45. The number of hydrogen-bond donors (Lipinski definition) is 1. The van der Waals surface area contributed by atoms with E-state index in [4.69, 9.17) is 0 Å². The maximum Gasteiger partial charge on any atom is 0.114 e. The second-order valence-electron chi connectivity index (χ2n) is 3.08. The first-order chi connectivity index (χ1) is 5.79. The molecule has 0 bridgehead atoms. The standard InChI is InChI=1S/C8H10N4/c1-5(2)8-6-3-9-10-4-7(6)11-12-8/h3-5H,1-2H3,(H,11,12). The monoisotopic (exact) mass is 162 g/mol. The number of fused-ring (bicyclic) bond motifs is 1. The van der Waals surface area contributed by atoms with Gasteiger partial charge in [-0.3, -0.25) is 5.10 Å². The number of hydrogen-bond acceptors (Lipinski definition) is 3. The van der Waals surface area contributed by atoms with E-state index in [-0.39, 0.29) is 0 Å². The predicted octanol–water partition coefficient (Wildman–Crippen LogP) is 1.48. The SMILES string of the molecule is CC(C)c1[nH]nc2cnncc12. The molecule has 0 radical (unpaired) electrons. The number of rotatable bonds is 1. The Morgan fingerprint density at radius 2 is 2.00 bits per heavy atom. The molecule has 4 heteroatoms. The normalized spacial score (nSPS) is 11.2. The van der Waals surface area contributed by atoms with Gasteiger partial charge < -0.3 is 0 Å². The van der Waals surface area contributed by atoms with Crippen molar-refractivity contribution in [2.45, 2.75) is 19.8 Å². The van der Waals surface area contributed by atoms with Crippen LogP contribution in [0.1, 0.15) is 25.5 Å². The fraction of sp³-hybridized carbons (Fsp3) is 0.375. The van der Waals surface area contributed by atoms with Crippen molar-refractivity contribution < 1.29 is 0 Å². The Morgan fingerprint density at radius 1 is 1.25 bits per heavy atom. The van der Waals surface area contributed by atoms with E-state index in [1.54, 1.807) is 12.4 Å². The maximum atomic E-state index is 4.11. The Balaban J connectivity index is 2.70. The van der Waals surface area contributed by atoms with Crippen LogP contribution in [0.4, 0.5) is 0 Å². The fourth-order valence-electron chi connectivity index (χ4n) is 1.23. The van der Waals surface area contributed by atoms with Gasteiger partial charge in [-0.25, -0.2) is 0 Å². The van der Waals surface area contributed by atoms with Crippen LogP contribution in [0.15, 0.2) is 12.4 Å². The van der Waals surface area contributed by atoms with Crippen LogP contribution >= 0.6 is 0 Å². The summed E-state index contributed by atoms with van der Waals surface area (Å²) in [5.41, 5.74) is 2.01. The Bertz CT molecular complexity index is 391. The number of nitrogens with one attached hydrogen (secondary N) is 1. The molecule has 4 nitrogen and oxygen atoms in total. The minimum atomic E-state index is 0.444. The van der Waals surface area contributed by atoms with E-state index in [0.717, 1.165) is 16.6 Å². The van der Waals surface area contributed by atoms with E-state index in [0.29, 0.717) is 5.92 Å². The lowest BCUT2D eigenvalue weighted by Crippen LogP contribution is -1.88. The van der Waals surface area contributed by atoms with E-state index in [2.05, 4.69) is 34.2 Å². The summed E-state index contributed by atoms with van der Waals surface area (Å²) >= 11 is 0. The molecule has 12 heavy (non-hydrogen) atoms. The molecule has 2 aromatic rings. The van der Waals surface area contributed by atoms with Crippen molar-refractivity contribution in [1.82, 2.24) is 20.4 Å². The summed E-state index contributed by atoms with van der Waals surface area (Å²) < 4.78 is 0. The Labute approximate surface area is 70.0 Å². The zero-order valence-corrected chi connectivity index (χ0v) is 7.07. The second-order valence-corrected chi connectivity index (χ2v) is 3.08. The zero-order chi connectivity index (χ0) is 8.55. The molecule has 2 aromatic heterocycles. The average molecular weight is 162 g/mol. The van der Waals surface area contributed by atoms with Crippen molar-refractivity contribution in [2.75, 3.05) is 0 Å². The molecule has 2 rings (SSSR count). The first kappa shape index (κ1) is 7.21. The van der Waals surface area contributed by atoms with Crippen molar-refractivity contribution in [3.63, 3.8) is 0 Å². The van der Waals surface area contributed by atoms with Gasteiger partial charge in [0.1, 0.15) is 5.52 Å². The number of aromatic nitrogens is 4. The third-order valence-corrected chi connectivity index (χ3v) is 1.87. The number of H-pyrrole nitrogens is 1. The smallest absolute Gasteiger partial charge is 0.114 e. The zero-order valence-electron chi connectivity index (χ0n) is 7.07. The average Bonchev–Trinajstić information content (AvgIpc) is 2.47. The molecular formula is C8H10N4. The second kappa shape index (κ2) is 2.55. The van der Waals surface area contributed by atoms with Crippen molar-refractivity contribution in [2.24, 2.45) is 0 Å². The molecule has 0 unspecified atom stereocenters. The molecule has 62 valence electrons. The Kier molecular flexibility index (Phi) is 1.53. The van der Waals surface area contributed by atoms with Gasteiger partial charge in [-0.05, 0) is 5.92 Å². The molecule has 0 fully saturated rings. The lowest BCUT2D eigenvalue weighted by Gasteiger charge is -1.99. The van der Waals surface area contributed by atoms with E-state index in [1.165, 1.54) is 0 Å². The molecular weight excluding hydrogens is 152 g/mol. The molecule has 0 saturated heterocycles. The molecule has 0 aromatic carbocycles. The van der Waals surface area contributed by atoms with Crippen molar-refractivity contribution >= 4 is 10.9 Å². The summed E-state index contributed by atoms with van der Waals surface area (Å²) in [5, 5.41) is 15.7. The van der Waals surface area contributed by atoms with E-state index >= 15 is 0 Å². The molecule has 0 atom stereocenters. The van der Waals surface area contributed by atoms with Crippen molar-refractivity contribution in [1.29, 1.82) is 0 Å². The summed E-state index contributed by atoms with van der Waals surface area (Å²) in [5.74, 6) is 0.444. The summed E-state index contributed by atoms with van der Waals surface area (Å²) in [7, 11) is 0. The predicted molar refractivity (Wildman–Crippen MR) is 45.8 cm³/mol. The molecule has 0 spiro atoms. The van der Waals surface area contributed by atoms with Gasteiger partial charge in [0.15, 0.2) is 0 Å². The van der Waals surface area contributed by atoms with Crippen LogP contribution in [0.3, 0.4) is 0 Å². The minimum absolute atomic E-state index is 0.444. The van der Waals surface area contributed by atoms with Gasteiger partial charge in [-0.2, -0.15) is 15.3 Å². The van der Waals surface area contributed by atoms with Crippen LogP contribution in [-0.4, -0.2) is 20.4 Å². The summed E-state index contributed by atoms with van der Waals surface area (Å²) in [6.07, 6.45) is 3.41. The van der Waals surface area contributed by atoms with E-state index < -0.39 is 0 Å². The Morgan fingerprint density at radius 3 is 2.75 bits per heavy atom. The van der Waals surface area contributed by atoms with Crippen molar-refractivity contribution in [3.05, 3.63) is 18.1 Å². The van der Waals surface area contributed by atoms with E-state index in [9.17, 15) is 0 Å². The molecule has 2 heterocycles. The first-order valence-corrected chi connectivity index (χ1v) is 3.93. The van der Waals surface area contributed by atoms with Gasteiger partial charge in [-0.1, -0.05) is 13.8 Å². The molecule has 0 saturated carbocycles. The van der Waals surface area contributed by atoms with Gasteiger partial charge >= 0.3 is 0 Å². The number of nitrogens with zero attached hydrogens (tertiary/aromatic N) is 3. The van der Waals surface area contributed by atoms with E-state index in [1.807, 2.05) is 0 Å². The molecule has 0 amide bonds. The summed E-state index contributed by atoms with van der Waals surface area (Å²) in [6.45, 7) is 4.24. The quantitative estimate of drug-likeness (QED) is 0.690. The highest BCUT2D eigenvalue weighted by Gasteiger charge is 2.07. The van der Waals surface area contributed by atoms with Crippen LogP contribution in [0.2, 0.25) is 0 Å². The molecule has 0 aliphatic heterocycles. The van der Waals surface area contributed by atoms with Gasteiger partial charge in [0.2, 0.25) is 0 Å². The van der Waals surface area contributed by atoms with Crippen LogP contribution in [0, 0.1) is 0 Å². The van der Waals surface area contributed by atoms with Gasteiger partial charge in [0, 0.05) is 11.1 Å². The van der Waals surface area contributed by atoms with Crippen LogP contribution < -0.4 is 0 Å². The highest BCUT2D eigenvalue weighted by Crippen LogP contribution is 2.20. The summed E-state index contributed by atoms with van der Waals surface area (Å²) in [6, 6.07) is 0. The van der Waals surface area contributed by atoms with Gasteiger partial charge in [0.05, 0.1) is 12.4 Å². The summed E-state index contributed by atoms with van der Waals surface area (Å²) in [4.78, 5) is 0. The molecule has 0 aliphatic rings. The maximum absolute atomic E-state index is 4.11. The fourth-order valence-corrected chi connectivity index (χ4v) is 1.23. The largest absolute Gasteiger partial charge is 0.281 e. The molecule has 1 N–H and O–H groups in total.